The molecule has 2 aromatic rings. The molecule has 2 aliphatic heterocycles. The van der Waals surface area contributed by atoms with E-state index in [0.717, 1.165) is 0 Å². The SMILES string of the molecule is O=C1/C(=C2\Nc3c(Cl)ccc(Cl)c3C2=O)Nc2c(Cl)ccc(Cl)c21. The molecule has 0 fully saturated rings. The normalized spacial score (nSPS) is 18.3. The fourth-order valence-electron chi connectivity index (χ4n) is 2.76. The summed E-state index contributed by atoms with van der Waals surface area (Å²) >= 11 is 24.4. The van der Waals surface area contributed by atoms with Gasteiger partial charge in [0.2, 0.25) is 11.6 Å². The Kier molecular flexibility index (Phi) is 3.55. The summed E-state index contributed by atoms with van der Waals surface area (Å²) in [5.74, 6) is -0.846. The molecule has 4 nitrogen and oxygen atoms in total. The van der Waals surface area contributed by atoms with Gasteiger partial charge in [-0.05, 0) is 24.3 Å². The van der Waals surface area contributed by atoms with Crippen molar-refractivity contribution < 1.29 is 9.59 Å². The molecule has 8 heteroatoms. The molecule has 0 amide bonds. The summed E-state index contributed by atoms with van der Waals surface area (Å²) < 4.78 is 0. The van der Waals surface area contributed by atoms with Crippen molar-refractivity contribution >= 4 is 69.3 Å². The van der Waals surface area contributed by atoms with Gasteiger partial charge in [-0.2, -0.15) is 0 Å². The van der Waals surface area contributed by atoms with Gasteiger partial charge in [0.15, 0.2) is 0 Å². The molecule has 2 aliphatic rings. The number of rotatable bonds is 0. The molecule has 0 spiro atoms. The quantitative estimate of drug-likeness (QED) is 0.580. The van der Waals surface area contributed by atoms with Crippen molar-refractivity contribution in [3.8, 4) is 0 Å². The number of ketones is 2. The van der Waals surface area contributed by atoms with Crippen LogP contribution in [0.5, 0.6) is 0 Å². The van der Waals surface area contributed by atoms with Crippen molar-refractivity contribution in [2.45, 2.75) is 0 Å². The Labute approximate surface area is 156 Å². The number of allylic oxidation sites excluding steroid dienone is 2. The van der Waals surface area contributed by atoms with Crippen LogP contribution in [0.25, 0.3) is 0 Å². The topological polar surface area (TPSA) is 58.2 Å². The highest BCUT2D eigenvalue weighted by Gasteiger charge is 2.38. The molecule has 0 aliphatic carbocycles. The zero-order valence-electron chi connectivity index (χ0n) is 11.6. The molecule has 2 N–H and O–H groups in total. The Bertz CT molecular complexity index is 919. The second-order valence-electron chi connectivity index (χ2n) is 5.22. The van der Waals surface area contributed by atoms with E-state index in [4.69, 9.17) is 46.4 Å². The van der Waals surface area contributed by atoms with Crippen molar-refractivity contribution in [1.82, 2.24) is 0 Å². The first-order valence-corrected chi connectivity index (χ1v) is 8.25. The largest absolute Gasteiger partial charge is 0.349 e. The summed E-state index contributed by atoms with van der Waals surface area (Å²) in [6.45, 7) is 0. The predicted octanol–water partition coefficient (Wildman–Crippen LogP) is 5.43. The molecule has 0 unspecified atom stereocenters. The molecule has 0 aromatic heterocycles. The molecule has 120 valence electrons. The van der Waals surface area contributed by atoms with Gasteiger partial charge in [0.1, 0.15) is 11.4 Å². The van der Waals surface area contributed by atoms with E-state index in [-0.39, 0.29) is 32.6 Å². The molecule has 0 bridgehead atoms. The minimum Gasteiger partial charge on any atom is -0.349 e. The fraction of sp³-hybridized carbons (Fsp3) is 0. The molecular formula is C16H6Cl4N2O2. The fourth-order valence-corrected chi connectivity index (χ4v) is 3.65. The van der Waals surface area contributed by atoms with Crippen LogP contribution in [-0.4, -0.2) is 11.6 Å². The third-order valence-electron chi connectivity index (χ3n) is 3.87. The van der Waals surface area contributed by atoms with Crippen LogP contribution in [0.2, 0.25) is 20.1 Å². The summed E-state index contributed by atoms with van der Waals surface area (Å²) in [5.41, 5.74) is 1.34. The lowest BCUT2D eigenvalue weighted by molar-refractivity contribution is 0.101. The number of anilines is 2. The third kappa shape index (κ3) is 2.07. The molecule has 0 radical (unpaired) electrons. The number of carbonyl (C=O) groups is 2. The van der Waals surface area contributed by atoms with Gasteiger partial charge >= 0.3 is 0 Å². The van der Waals surface area contributed by atoms with Crippen LogP contribution >= 0.6 is 46.4 Å². The molecular weight excluding hydrogens is 394 g/mol. The number of Topliss-reactive ketones (excluding diaryl/α,β-unsaturated/α-hetero) is 2. The van der Waals surface area contributed by atoms with Gasteiger partial charge in [-0.3, -0.25) is 9.59 Å². The lowest BCUT2D eigenvalue weighted by Gasteiger charge is -2.05. The number of benzene rings is 2. The summed E-state index contributed by atoms with van der Waals surface area (Å²) in [5, 5.41) is 6.93. The Morgan fingerprint density at radius 1 is 0.583 bits per heavy atom. The predicted molar refractivity (Wildman–Crippen MR) is 95.9 cm³/mol. The standard InChI is InChI=1S/C16H6Cl4N2O2/c17-5-1-3-7(19)11-9(5)15(23)13(21-11)14-16(24)10-6(18)2-4-8(20)12(10)22-14/h1-4,21-22H/b14-13+. The van der Waals surface area contributed by atoms with Gasteiger partial charge in [-0.15, -0.1) is 0 Å². The van der Waals surface area contributed by atoms with Crippen LogP contribution < -0.4 is 10.6 Å². The van der Waals surface area contributed by atoms with E-state index in [2.05, 4.69) is 10.6 Å². The van der Waals surface area contributed by atoms with Gasteiger partial charge in [-0.1, -0.05) is 46.4 Å². The molecule has 2 aromatic carbocycles. The van der Waals surface area contributed by atoms with E-state index in [9.17, 15) is 9.59 Å². The lowest BCUT2D eigenvalue weighted by Crippen LogP contribution is -2.13. The Balaban J connectivity index is 1.90. The van der Waals surface area contributed by atoms with Crippen LogP contribution in [0.1, 0.15) is 20.7 Å². The number of carbonyl (C=O) groups excluding carboxylic acids is 2. The van der Waals surface area contributed by atoms with Crippen LogP contribution in [0.3, 0.4) is 0 Å². The van der Waals surface area contributed by atoms with Gasteiger partial charge in [0.05, 0.1) is 42.6 Å². The van der Waals surface area contributed by atoms with E-state index in [1.54, 1.807) is 12.1 Å². The van der Waals surface area contributed by atoms with Crippen LogP contribution in [0, 0.1) is 0 Å². The van der Waals surface area contributed by atoms with Gasteiger partial charge in [-0.25, -0.2) is 0 Å². The highest BCUT2D eigenvalue weighted by atomic mass is 35.5. The van der Waals surface area contributed by atoms with Crippen molar-refractivity contribution in [3.63, 3.8) is 0 Å². The Morgan fingerprint density at radius 2 is 0.917 bits per heavy atom. The maximum Gasteiger partial charge on any atom is 0.215 e. The molecule has 2 heterocycles. The number of hydrogen-bond acceptors (Lipinski definition) is 4. The monoisotopic (exact) mass is 398 g/mol. The third-order valence-corrected chi connectivity index (χ3v) is 5.13. The van der Waals surface area contributed by atoms with Crippen LogP contribution in [-0.2, 0) is 0 Å². The van der Waals surface area contributed by atoms with Crippen molar-refractivity contribution in [1.29, 1.82) is 0 Å². The molecule has 0 saturated heterocycles. The maximum absolute atomic E-state index is 12.7. The first-order valence-electron chi connectivity index (χ1n) is 6.74. The first kappa shape index (κ1) is 15.8. The number of halogens is 4. The zero-order valence-corrected chi connectivity index (χ0v) is 14.7. The minimum absolute atomic E-state index is 0.0633. The highest BCUT2D eigenvalue weighted by Crippen LogP contribution is 2.44. The van der Waals surface area contributed by atoms with Crippen molar-refractivity contribution in [3.05, 3.63) is 66.9 Å². The zero-order chi connectivity index (χ0) is 17.2. The Hall–Kier alpha value is -1.72. The van der Waals surface area contributed by atoms with E-state index < -0.39 is 11.6 Å². The van der Waals surface area contributed by atoms with Gasteiger partial charge < -0.3 is 10.6 Å². The average Bonchev–Trinajstić information content (AvgIpc) is 3.07. The summed E-state index contributed by atoms with van der Waals surface area (Å²) in [6.07, 6.45) is 0. The molecule has 0 atom stereocenters. The van der Waals surface area contributed by atoms with E-state index in [0.29, 0.717) is 21.4 Å². The smallest absolute Gasteiger partial charge is 0.215 e. The summed E-state index contributed by atoms with van der Waals surface area (Å²) in [7, 11) is 0. The number of hydrogen-bond donors (Lipinski definition) is 2. The molecule has 0 saturated carbocycles. The van der Waals surface area contributed by atoms with Crippen LogP contribution in [0.15, 0.2) is 35.7 Å². The average molecular weight is 400 g/mol. The minimum atomic E-state index is -0.423. The summed E-state index contributed by atoms with van der Waals surface area (Å²) in [4.78, 5) is 25.4. The summed E-state index contributed by atoms with van der Waals surface area (Å²) in [6, 6.07) is 6.20. The molecule has 4 rings (SSSR count). The van der Waals surface area contributed by atoms with Crippen molar-refractivity contribution in [2.24, 2.45) is 0 Å². The number of nitrogens with one attached hydrogen (secondary N) is 2. The second-order valence-corrected chi connectivity index (χ2v) is 6.85. The van der Waals surface area contributed by atoms with Gasteiger partial charge in [0, 0.05) is 0 Å². The Morgan fingerprint density at radius 3 is 1.25 bits per heavy atom. The van der Waals surface area contributed by atoms with Crippen molar-refractivity contribution in [2.75, 3.05) is 10.6 Å². The van der Waals surface area contributed by atoms with Crippen LogP contribution in [0.4, 0.5) is 11.4 Å². The first-order chi connectivity index (χ1) is 11.4. The van der Waals surface area contributed by atoms with E-state index in [1.807, 2.05) is 0 Å². The van der Waals surface area contributed by atoms with E-state index in [1.165, 1.54) is 12.1 Å². The number of fused-ring (bicyclic) bond motifs is 2. The maximum atomic E-state index is 12.7. The lowest BCUT2D eigenvalue weighted by atomic mass is 10.1. The van der Waals surface area contributed by atoms with Gasteiger partial charge in [0.25, 0.3) is 0 Å². The second kappa shape index (κ2) is 5.39. The van der Waals surface area contributed by atoms with E-state index >= 15 is 0 Å². The highest BCUT2D eigenvalue weighted by molar-refractivity contribution is 6.44. The molecule has 24 heavy (non-hydrogen) atoms.